The van der Waals surface area contributed by atoms with E-state index in [1.807, 2.05) is 6.92 Å². The normalized spacial score (nSPS) is 11.8. The molecule has 0 aliphatic heterocycles. The van der Waals surface area contributed by atoms with Crippen LogP contribution in [0.25, 0.3) is 0 Å². The highest BCUT2D eigenvalue weighted by Crippen LogP contribution is 2.23. The first-order chi connectivity index (χ1) is 12.9. The van der Waals surface area contributed by atoms with Crippen molar-refractivity contribution in [1.82, 2.24) is 9.97 Å². The molecule has 1 unspecified atom stereocenters. The Morgan fingerprint density at radius 1 is 1.22 bits per heavy atom. The summed E-state index contributed by atoms with van der Waals surface area (Å²) in [6, 6.07) is 8.29. The van der Waals surface area contributed by atoms with Gasteiger partial charge in [0.2, 0.25) is 5.91 Å². The van der Waals surface area contributed by atoms with E-state index in [0.29, 0.717) is 22.8 Å². The minimum absolute atomic E-state index is 0.0205. The van der Waals surface area contributed by atoms with Gasteiger partial charge in [-0.1, -0.05) is 32.0 Å². The maximum Gasteiger partial charge on any atom is 0.251 e. The number of thioether (sulfide) groups is 1. The van der Waals surface area contributed by atoms with E-state index in [4.69, 9.17) is 0 Å². The van der Waals surface area contributed by atoms with Crippen molar-refractivity contribution in [3.8, 4) is 0 Å². The average Bonchev–Trinajstić information content (AvgIpc) is 2.64. The van der Waals surface area contributed by atoms with Gasteiger partial charge >= 0.3 is 0 Å². The average molecular weight is 388 g/mol. The third-order valence-electron chi connectivity index (χ3n) is 4.04. The maximum atomic E-state index is 12.6. The number of hydrogen-bond acceptors (Lipinski definition) is 5. The molecule has 144 valence electrons. The van der Waals surface area contributed by atoms with Crippen LogP contribution in [-0.4, -0.2) is 26.9 Å². The number of rotatable bonds is 9. The second-order valence-electron chi connectivity index (χ2n) is 6.28. The van der Waals surface area contributed by atoms with E-state index in [1.165, 1.54) is 24.8 Å². The summed E-state index contributed by atoms with van der Waals surface area (Å²) in [7, 11) is 0. The van der Waals surface area contributed by atoms with Gasteiger partial charge in [-0.3, -0.25) is 14.4 Å². The molecule has 2 aromatic rings. The van der Waals surface area contributed by atoms with Gasteiger partial charge in [-0.15, -0.1) is 0 Å². The summed E-state index contributed by atoms with van der Waals surface area (Å²) < 4.78 is 0. The SMILES string of the molecule is CCCCc1cc(=O)[nH]c(SC(CC)C(=O)Nc2ccc(C(C)=O)cc2)n1. The standard InChI is InChI=1S/C20H25N3O3S/c1-4-6-7-16-12-18(25)23-20(22-16)27-17(5-2)19(26)21-15-10-8-14(9-11-15)13(3)24/h8-12,17H,4-7H2,1-3H3,(H,21,26)(H,22,23,25). The van der Waals surface area contributed by atoms with Gasteiger partial charge in [-0.25, -0.2) is 4.98 Å². The lowest BCUT2D eigenvalue weighted by atomic mass is 10.1. The zero-order valence-corrected chi connectivity index (χ0v) is 16.7. The lowest BCUT2D eigenvalue weighted by molar-refractivity contribution is -0.115. The maximum absolute atomic E-state index is 12.6. The van der Waals surface area contributed by atoms with Gasteiger partial charge < -0.3 is 10.3 Å². The second-order valence-corrected chi connectivity index (χ2v) is 7.47. The van der Waals surface area contributed by atoms with Gasteiger partial charge in [-0.05, 0) is 50.5 Å². The van der Waals surface area contributed by atoms with E-state index >= 15 is 0 Å². The molecule has 2 N–H and O–H groups in total. The van der Waals surface area contributed by atoms with Crippen molar-refractivity contribution in [2.24, 2.45) is 0 Å². The Kier molecular flexibility index (Phi) is 7.79. The first-order valence-corrected chi connectivity index (χ1v) is 9.99. The van der Waals surface area contributed by atoms with Crippen LogP contribution in [0.1, 0.15) is 56.1 Å². The summed E-state index contributed by atoms with van der Waals surface area (Å²) in [5.74, 6) is -0.187. The van der Waals surface area contributed by atoms with Gasteiger partial charge in [0.25, 0.3) is 5.56 Å². The summed E-state index contributed by atoms with van der Waals surface area (Å²) in [5, 5.41) is 2.93. The van der Waals surface area contributed by atoms with Gasteiger partial charge in [0.15, 0.2) is 10.9 Å². The highest BCUT2D eigenvalue weighted by Gasteiger charge is 2.20. The number of hydrogen-bond donors (Lipinski definition) is 2. The molecule has 0 spiro atoms. The number of ketones is 1. The largest absolute Gasteiger partial charge is 0.325 e. The summed E-state index contributed by atoms with van der Waals surface area (Å²) in [6.45, 7) is 5.50. The molecule has 1 heterocycles. The zero-order chi connectivity index (χ0) is 19.8. The lowest BCUT2D eigenvalue weighted by Gasteiger charge is -2.14. The molecule has 0 saturated carbocycles. The molecule has 27 heavy (non-hydrogen) atoms. The Balaban J connectivity index is 2.07. The molecule has 0 aliphatic rings. The highest BCUT2D eigenvalue weighted by molar-refractivity contribution is 8.00. The molecule has 0 aliphatic carbocycles. The fourth-order valence-corrected chi connectivity index (χ4v) is 3.42. The number of anilines is 1. The molecule has 0 fully saturated rings. The fourth-order valence-electron chi connectivity index (χ4n) is 2.49. The third kappa shape index (κ3) is 6.36. The molecule has 0 bridgehead atoms. The Labute approximate surface area is 163 Å². The second kappa shape index (κ2) is 10.1. The van der Waals surface area contributed by atoms with E-state index in [-0.39, 0.29) is 22.5 Å². The molecule has 6 nitrogen and oxygen atoms in total. The van der Waals surface area contributed by atoms with Crippen molar-refractivity contribution in [3.05, 3.63) is 51.9 Å². The van der Waals surface area contributed by atoms with Crippen LogP contribution in [-0.2, 0) is 11.2 Å². The number of carbonyl (C=O) groups is 2. The molecule has 7 heteroatoms. The number of aryl methyl sites for hydroxylation is 1. The number of H-pyrrole nitrogens is 1. The van der Waals surface area contributed by atoms with Crippen LogP contribution in [0.3, 0.4) is 0 Å². The van der Waals surface area contributed by atoms with Crippen LogP contribution in [0.2, 0.25) is 0 Å². The molecular formula is C20H25N3O3S. The van der Waals surface area contributed by atoms with Crippen molar-refractivity contribution in [1.29, 1.82) is 0 Å². The number of Topliss-reactive ketones (excluding diaryl/α,β-unsaturated/α-hetero) is 1. The first-order valence-electron chi connectivity index (χ1n) is 9.11. The smallest absolute Gasteiger partial charge is 0.251 e. The van der Waals surface area contributed by atoms with Crippen LogP contribution in [0.15, 0.2) is 40.3 Å². The monoisotopic (exact) mass is 387 g/mol. The predicted octanol–water partition coefficient (Wildman–Crippen LogP) is 3.82. The Hall–Kier alpha value is -2.41. The Bertz CT molecular complexity index is 846. The zero-order valence-electron chi connectivity index (χ0n) is 15.9. The quantitative estimate of drug-likeness (QED) is 0.388. The lowest BCUT2D eigenvalue weighted by Crippen LogP contribution is -2.25. The van der Waals surface area contributed by atoms with Gasteiger partial charge in [0.05, 0.1) is 5.25 Å². The van der Waals surface area contributed by atoms with Crippen LogP contribution in [0.5, 0.6) is 0 Å². The van der Waals surface area contributed by atoms with E-state index < -0.39 is 0 Å². The van der Waals surface area contributed by atoms with Gasteiger partial charge in [-0.2, -0.15) is 0 Å². The minimum atomic E-state index is -0.387. The molecule has 0 radical (unpaired) electrons. The summed E-state index contributed by atoms with van der Waals surface area (Å²) in [4.78, 5) is 43.0. The van der Waals surface area contributed by atoms with Crippen molar-refractivity contribution in [3.63, 3.8) is 0 Å². The van der Waals surface area contributed by atoms with Crippen LogP contribution < -0.4 is 10.9 Å². The van der Waals surface area contributed by atoms with Crippen molar-refractivity contribution < 1.29 is 9.59 Å². The number of amides is 1. The number of nitrogens with zero attached hydrogens (tertiary/aromatic N) is 1. The molecular weight excluding hydrogens is 362 g/mol. The van der Waals surface area contributed by atoms with Crippen molar-refractivity contribution in [2.45, 2.75) is 56.9 Å². The summed E-state index contributed by atoms with van der Waals surface area (Å²) >= 11 is 1.25. The third-order valence-corrected chi connectivity index (χ3v) is 5.28. The van der Waals surface area contributed by atoms with E-state index in [9.17, 15) is 14.4 Å². The number of carbonyl (C=O) groups excluding carboxylic acids is 2. The Morgan fingerprint density at radius 3 is 2.52 bits per heavy atom. The number of benzene rings is 1. The number of aromatic amines is 1. The molecule has 1 aromatic carbocycles. The van der Waals surface area contributed by atoms with Gasteiger partial charge in [0, 0.05) is 23.0 Å². The topological polar surface area (TPSA) is 91.9 Å². The highest BCUT2D eigenvalue weighted by atomic mass is 32.2. The molecule has 1 amide bonds. The van der Waals surface area contributed by atoms with Crippen LogP contribution >= 0.6 is 11.8 Å². The van der Waals surface area contributed by atoms with Gasteiger partial charge in [0.1, 0.15) is 0 Å². The molecule has 2 rings (SSSR count). The molecule has 1 aromatic heterocycles. The van der Waals surface area contributed by atoms with E-state index in [2.05, 4.69) is 22.2 Å². The molecule has 0 saturated heterocycles. The van der Waals surface area contributed by atoms with Crippen LogP contribution in [0.4, 0.5) is 5.69 Å². The summed E-state index contributed by atoms with van der Waals surface area (Å²) in [5.41, 5.74) is 1.77. The summed E-state index contributed by atoms with van der Waals surface area (Å²) in [6.07, 6.45) is 3.33. The fraction of sp³-hybridized carbons (Fsp3) is 0.400. The Morgan fingerprint density at radius 2 is 1.93 bits per heavy atom. The van der Waals surface area contributed by atoms with Crippen molar-refractivity contribution >= 4 is 29.1 Å². The minimum Gasteiger partial charge on any atom is -0.325 e. The predicted molar refractivity (Wildman–Crippen MR) is 108 cm³/mol. The van der Waals surface area contributed by atoms with Crippen LogP contribution in [0, 0.1) is 0 Å². The number of nitrogens with one attached hydrogen (secondary N) is 2. The first kappa shape index (κ1) is 20.9. The van der Waals surface area contributed by atoms with E-state index in [0.717, 1.165) is 25.0 Å². The molecule has 1 atom stereocenters. The van der Waals surface area contributed by atoms with Crippen molar-refractivity contribution in [2.75, 3.05) is 5.32 Å². The number of aromatic nitrogens is 2. The number of unbranched alkanes of at least 4 members (excludes halogenated alkanes) is 1. The van der Waals surface area contributed by atoms with E-state index in [1.54, 1.807) is 24.3 Å².